The molecule has 1 atom stereocenters. The first kappa shape index (κ1) is 13.6. The zero-order valence-electron chi connectivity index (χ0n) is 11.1. The molecular formula is C16H17FO2. The Labute approximate surface area is 112 Å². The number of benzene rings is 2. The highest BCUT2D eigenvalue weighted by atomic mass is 19.1. The van der Waals surface area contributed by atoms with Crippen LogP contribution >= 0.6 is 0 Å². The third-order valence-electron chi connectivity index (χ3n) is 3.02. The molecule has 0 saturated carbocycles. The molecule has 2 rings (SSSR count). The van der Waals surface area contributed by atoms with Gasteiger partial charge in [0.1, 0.15) is 18.2 Å². The second-order valence-corrected chi connectivity index (χ2v) is 4.58. The number of ether oxygens (including phenoxy) is 1. The summed E-state index contributed by atoms with van der Waals surface area (Å²) >= 11 is 0. The molecule has 0 aliphatic rings. The predicted molar refractivity (Wildman–Crippen MR) is 72.5 cm³/mol. The highest BCUT2D eigenvalue weighted by molar-refractivity contribution is 5.37. The molecule has 100 valence electrons. The lowest BCUT2D eigenvalue weighted by molar-refractivity contribution is 0.199. The molecule has 0 heterocycles. The van der Waals surface area contributed by atoms with Crippen molar-refractivity contribution < 1.29 is 14.2 Å². The number of aryl methyl sites for hydroxylation is 1. The van der Waals surface area contributed by atoms with Crippen LogP contribution in [0.2, 0.25) is 0 Å². The second-order valence-electron chi connectivity index (χ2n) is 4.58. The van der Waals surface area contributed by atoms with Crippen molar-refractivity contribution in [3.8, 4) is 5.75 Å². The Morgan fingerprint density at radius 3 is 2.58 bits per heavy atom. The van der Waals surface area contributed by atoms with Crippen LogP contribution in [-0.2, 0) is 6.61 Å². The van der Waals surface area contributed by atoms with E-state index in [0.717, 1.165) is 11.1 Å². The molecule has 19 heavy (non-hydrogen) atoms. The van der Waals surface area contributed by atoms with Crippen LogP contribution in [0.1, 0.15) is 29.7 Å². The van der Waals surface area contributed by atoms with Crippen LogP contribution in [0.25, 0.3) is 0 Å². The Kier molecular flexibility index (Phi) is 4.17. The molecular weight excluding hydrogens is 243 g/mol. The van der Waals surface area contributed by atoms with Crippen LogP contribution < -0.4 is 4.74 Å². The van der Waals surface area contributed by atoms with E-state index < -0.39 is 6.10 Å². The Morgan fingerprint density at radius 1 is 1.21 bits per heavy atom. The number of hydrogen-bond donors (Lipinski definition) is 1. The standard InChI is InChI=1S/C16H17FO2/c1-11-9-13(12(2)18)7-8-16(11)19-10-14-5-3-4-6-15(14)17/h3-9,12,18H,10H2,1-2H3/t12-/m1/s1. The van der Waals surface area contributed by atoms with Gasteiger partial charge in [-0.3, -0.25) is 0 Å². The fourth-order valence-electron chi connectivity index (χ4n) is 1.87. The highest BCUT2D eigenvalue weighted by Crippen LogP contribution is 2.23. The Morgan fingerprint density at radius 2 is 1.95 bits per heavy atom. The first-order valence-corrected chi connectivity index (χ1v) is 6.22. The topological polar surface area (TPSA) is 29.5 Å². The van der Waals surface area contributed by atoms with E-state index in [9.17, 15) is 9.50 Å². The maximum atomic E-state index is 13.4. The monoisotopic (exact) mass is 260 g/mol. The minimum absolute atomic E-state index is 0.196. The van der Waals surface area contributed by atoms with Crippen LogP contribution in [0.4, 0.5) is 4.39 Å². The molecule has 0 amide bonds. The summed E-state index contributed by atoms with van der Waals surface area (Å²) in [5, 5.41) is 9.49. The first-order chi connectivity index (χ1) is 9.08. The van der Waals surface area contributed by atoms with Crippen molar-refractivity contribution in [2.45, 2.75) is 26.6 Å². The minimum Gasteiger partial charge on any atom is -0.489 e. The number of hydrogen-bond acceptors (Lipinski definition) is 2. The van der Waals surface area contributed by atoms with E-state index in [1.54, 1.807) is 31.2 Å². The van der Waals surface area contributed by atoms with E-state index in [2.05, 4.69) is 0 Å². The van der Waals surface area contributed by atoms with Crippen molar-refractivity contribution in [3.05, 3.63) is 65.0 Å². The molecule has 0 radical (unpaired) electrons. The van der Waals surface area contributed by atoms with Gasteiger partial charge in [-0.15, -0.1) is 0 Å². The molecule has 0 unspecified atom stereocenters. The molecule has 0 bridgehead atoms. The second kappa shape index (κ2) is 5.85. The van der Waals surface area contributed by atoms with Crippen molar-refractivity contribution in [2.75, 3.05) is 0 Å². The van der Waals surface area contributed by atoms with E-state index in [1.165, 1.54) is 6.07 Å². The molecule has 1 N–H and O–H groups in total. The maximum Gasteiger partial charge on any atom is 0.129 e. The fraction of sp³-hybridized carbons (Fsp3) is 0.250. The van der Waals surface area contributed by atoms with Gasteiger partial charge in [0.2, 0.25) is 0 Å². The van der Waals surface area contributed by atoms with Gasteiger partial charge in [-0.1, -0.05) is 24.3 Å². The average molecular weight is 260 g/mol. The van der Waals surface area contributed by atoms with E-state index in [-0.39, 0.29) is 12.4 Å². The third kappa shape index (κ3) is 3.32. The van der Waals surface area contributed by atoms with Crippen LogP contribution in [0.3, 0.4) is 0 Å². The van der Waals surface area contributed by atoms with Gasteiger partial charge < -0.3 is 9.84 Å². The number of aliphatic hydroxyl groups is 1. The lowest BCUT2D eigenvalue weighted by Gasteiger charge is -2.12. The summed E-state index contributed by atoms with van der Waals surface area (Å²) in [6, 6.07) is 12.1. The smallest absolute Gasteiger partial charge is 0.129 e. The van der Waals surface area contributed by atoms with Crippen molar-refractivity contribution in [3.63, 3.8) is 0 Å². The lowest BCUT2D eigenvalue weighted by atomic mass is 10.1. The summed E-state index contributed by atoms with van der Waals surface area (Å²) in [5.41, 5.74) is 2.30. The van der Waals surface area contributed by atoms with Crippen LogP contribution in [0.15, 0.2) is 42.5 Å². The number of halogens is 1. The number of rotatable bonds is 4. The van der Waals surface area contributed by atoms with Gasteiger partial charge in [-0.05, 0) is 43.2 Å². The van der Waals surface area contributed by atoms with E-state index >= 15 is 0 Å². The Hall–Kier alpha value is -1.87. The summed E-state index contributed by atoms with van der Waals surface area (Å²) in [7, 11) is 0. The summed E-state index contributed by atoms with van der Waals surface area (Å²) in [6.45, 7) is 3.82. The Balaban J connectivity index is 2.10. The molecule has 0 aliphatic carbocycles. The summed E-state index contributed by atoms with van der Waals surface area (Å²) in [5.74, 6) is 0.438. The quantitative estimate of drug-likeness (QED) is 0.906. The number of aliphatic hydroxyl groups excluding tert-OH is 1. The molecule has 0 saturated heterocycles. The van der Waals surface area contributed by atoms with Gasteiger partial charge >= 0.3 is 0 Å². The zero-order chi connectivity index (χ0) is 13.8. The minimum atomic E-state index is -0.501. The average Bonchev–Trinajstić information content (AvgIpc) is 2.39. The van der Waals surface area contributed by atoms with E-state index in [1.807, 2.05) is 19.1 Å². The normalized spacial score (nSPS) is 12.2. The van der Waals surface area contributed by atoms with Gasteiger partial charge in [0, 0.05) is 5.56 Å². The summed E-state index contributed by atoms with van der Waals surface area (Å²) in [4.78, 5) is 0. The predicted octanol–water partition coefficient (Wildman–Crippen LogP) is 3.77. The molecule has 2 aromatic rings. The van der Waals surface area contributed by atoms with Crippen LogP contribution in [0.5, 0.6) is 5.75 Å². The van der Waals surface area contributed by atoms with Gasteiger partial charge in [0.15, 0.2) is 0 Å². The molecule has 2 nitrogen and oxygen atoms in total. The van der Waals surface area contributed by atoms with Crippen molar-refractivity contribution in [2.24, 2.45) is 0 Å². The molecule has 0 aliphatic heterocycles. The molecule has 2 aromatic carbocycles. The molecule has 0 aromatic heterocycles. The zero-order valence-corrected chi connectivity index (χ0v) is 11.1. The van der Waals surface area contributed by atoms with Gasteiger partial charge in [-0.2, -0.15) is 0 Å². The summed E-state index contributed by atoms with van der Waals surface area (Å²) < 4.78 is 19.1. The maximum absolute atomic E-state index is 13.4. The molecule has 3 heteroatoms. The largest absolute Gasteiger partial charge is 0.489 e. The van der Waals surface area contributed by atoms with Crippen molar-refractivity contribution in [1.29, 1.82) is 0 Å². The molecule has 0 spiro atoms. The van der Waals surface area contributed by atoms with Gasteiger partial charge in [0.25, 0.3) is 0 Å². The fourth-order valence-corrected chi connectivity index (χ4v) is 1.87. The van der Waals surface area contributed by atoms with Crippen LogP contribution in [0, 0.1) is 12.7 Å². The van der Waals surface area contributed by atoms with Gasteiger partial charge in [0.05, 0.1) is 6.10 Å². The highest BCUT2D eigenvalue weighted by Gasteiger charge is 2.06. The first-order valence-electron chi connectivity index (χ1n) is 6.22. The van der Waals surface area contributed by atoms with E-state index in [0.29, 0.717) is 11.3 Å². The third-order valence-corrected chi connectivity index (χ3v) is 3.02. The lowest BCUT2D eigenvalue weighted by Crippen LogP contribution is -2.00. The summed E-state index contributed by atoms with van der Waals surface area (Å²) in [6.07, 6.45) is -0.501. The van der Waals surface area contributed by atoms with Crippen LogP contribution in [-0.4, -0.2) is 5.11 Å². The van der Waals surface area contributed by atoms with Gasteiger partial charge in [-0.25, -0.2) is 4.39 Å². The van der Waals surface area contributed by atoms with Crippen molar-refractivity contribution in [1.82, 2.24) is 0 Å². The van der Waals surface area contributed by atoms with Crippen molar-refractivity contribution >= 4 is 0 Å². The molecule has 0 fully saturated rings. The SMILES string of the molecule is Cc1cc([C@@H](C)O)ccc1OCc1ccccc1F. The van der Waals surface area contributed by atoms with E-state index in [4.69, 9.17) is 4.74 Å². The Bertz CT molecular complexity index is 564.